The number of rotatable bonds is 16. The number of aromatic nitrogens is 6. The molecule has 2 aliphatic rings. The molecule has 4 atom stereocenters. The lowest BCUT2D eigenvalue weighted by Crippen LogP contribution is -2.47. The molecule has 0 unspecified atom stereocenters. The van der Waals surface area contributed by atoms with E-state index in [9.17, 15) is 37.5 Å². The number of carbonyl (C=O) groups is 6. The highest BCUT2D eigenvalue weighted by molar-refractivity contribution is 8.07. The maximum absolute atomic E-state index is 14.4. The molecule has 6 heterocycles. The summed E-state index contributed by atoms with van der Waals surface area (Å²) in [6.07, 6.45) is 9.70. The van der Waals surface area contributed by atoms with Gasteiger partial charge in [0, 0.05) is 136 Å². The van der Waals surface area contributed by atoms with Crippen LogP contribution in [0.5, 0.6) is 0 Å². The minimum Gasteiger partial charge on any atom is -0.480 e. The second kappa shape index (κ2) is 32.9. The topological polar surface area (TPSA) is 223 Å². The highest BCUT2D eigenvalue weighted by atomic mass is 35.5. The van der Waals surface area contributed by atoms with Crippen LogP contribution >= 0.6 is 25.9 Å². The third kappa shape index (κ3) is 18.4. The number of carboxylic acid groups (broad SMARTS) is 1. The number of benzene rings is 4. The van der Waals surface area contributed by atoms with Gasteiger partial charge in [0.1, 0.15) is 43.1 Å². The van der Waals surface area contributed by atoms with E-state index in [0.29, 0.717) is 53.2 Å². The van der Waals surface area contributed by atoms with E-state index in [1.54, 1.807) is 46.3 Å². The van der Waals surface area contributed by atoms with Crippen molar-refractivity contribution in [1.82, 2.24) is 49.9 Å². The van der Waals surface area contributed by atoms with E-state index < -0.39 is 24.4 Å². The van der Waals surface area contributed by atoms with Crippen LogP contribution in [0.2, 0.25) is 0 Å². The van der Waals surface area contributed by atoms with Crippen LogP contribution in [0, 0.1) is 13.8 Å². The molecular weight excluding hydrogens is 1150 g/mol. The van der Waals surface area contributed by atoms with E-state index in [-0.39, 0.29) is 108 Å². The summed E-state index contributed by atoms with van der Waals surface area (Å²) in [6.45, 7) is 7.43. The number of nitrogens with zero attached hydrogens (tertiary/aromatic N) is 7. The third-order valence-electron chi connectivity index (χ3n) is 13.7. The summed E-state index contributed by atoms with van der Waals surface area (Å²) < 4.78 is 30.6. The van der Waals surface area contributed by atoms with Crippen molar-refractivity contribution >= 4 is 105 Å². The van der Waals surface area contributed by atoms with Gasteiger partial charge in [0.15, 0.2) is 11.6 Å². The van der Waals surface area contributed by atoms with Gasteiger partial charge in [0.05, 0.1) is 12.6 Å². The van der Waals surface area contributed by atoms with Gasteiger partial charge in [0.2, 0.25) is 17.7 Å². The van der Waals surface area contributed by atoms with Crippen LogP contribution in [0.4, 0.5) is 8.78 Å². The number of hydrogen-bond acceptors (Lipinski definition) is 13. The first-order valence-corrected chi connectivity index (χ1v) is 27.5. The van der Waals surface area contributed by atoms with Gasteiger partial charge in [-0.2, -0.15) is 13.5 Å². The van der Waals surface area contributed by atoms with E-state index in [4.69, 9.17) is 5.11 Å². The fraction of sp³-hybridized carbons (Fsp3) is 0.311. The normalized spacial score (nSPS) is 15.7. The number of carbonyl (C=O) groups excluding carboxylic acids is 5. The van der Waals surface area contributed by atoms with Crippen molar-refractivity contribution in [2.45, 2.75) is 98.3 Å². The number of aryl methyl sites for hydroxylation is 2. The van der Waals surface area contributed by atoms with Crippen LogP contribution in [-0.4, -0.2) is 125 Å². The highest BCUT2D eigenvalue weighted by Crippen LogP contribution is 2.31. The molecule has 0 aliphatic carbocycles. The Balaban J connectivity index is 0.000000286. The highest BCUT2D eigenvalue weighted by Gasteiger charge is 2.40. The van der Waals surface area contributed by atoms with Gasteiger partial charge in [-0.3, -0.25) is 28.8 Å². The molecule has 4 N–H and O–H groups in total. The molecule has 0 bridgehead atoms. The first kappa shape index (κ1) is 68.7. The molecule has 0 radical (unpaired) electrons. The van der Waals surface area contributed by atoms with E-state index in [1.165, 1.54) is 24.3 Å². The standard InChI is InChI=1S/C30H30FN5O3.C17H15N3O3.C13H17FN2O.CH4.ClH.S2.H2S/c1-19(37)26-17-35(27-9-8-22(12-25(26)27)23-14-33-20(2)34-15-23)18-29(38)36-16-24(31)13-28(36)30(39)32-11-10-21-6-4-3-5-7-21;1-10(21)15-8-20(9-17(22)23)16-4-3-12(5-14(15)16)13-6-18-11(2)19-7-13;14-11-8-12(16-9-11)13(17)15-7-6-10-4-2-1-3-5-10;;;1-2;/h3-9,12,14-15,17,24,28H,10-11,13,16,18H2,1-2H3,(H,32,39);3-8H,9H2,1-2H3,(H,22,23);1-5,11-12,16H,6-9H2,(H,15,17);1H4;1H;;1H2/t24-,28+;;11-,12+;;;;/m1.1..../s1. The molecule has 0 spiro atoms. The first-order valence-electron chi connectivity index (χ1n) is 26.2. The summed E-state index contributed by atoms with van der Waals surface area (Å²) >= 11 is 7.33. The molecule has 23 heteroatoms. The summed E-state index contributed by atoms with van der Waals surface area (Å²) in [6, 6.07) is 29.7. The van der Waals surface area contributed by atoms with E-state index in [1.807, 2.05) is 111 Å². The summed E-state index contributed by atoms with van der Waals surface area (Å²) in [5, 5.41) is 19.0. The Morgan fingerprint density at radius 2 is 1.07 bits per heavy atom. The Hall–Kier alpha value is -7.76. The number of hydrogen-bond donors (Lipinski definition) is 4. The fourth-order valence-corrected chi connectivity index (χ4v) is 9.63. The molecule has 4 aromatic heterocycles. The Bertz CT molecular complexity index is 3510. The summed E-state index contributed by atoms with van der Waals surface area (Å²) in [7, 11) is 0. The van der Waals surface area contributed by atoms with Crippen molar-refractivity contribution in [2.75, 3.05) is 26.2 Å². The van der Waals surface area contributed by atoms with Crippen molar-refractivity contribution in [2.24, 2.45) is 0 Å². The summed E-state index contributed by atoms with van der Waals surface area (Å²) in [5.41, 5.74) is 8.07. The van der Waals surface area contributed by atoms with Crippen LogP contribution in [0.25, 0.3) is 44.1 Å². The minimum atomic E-state index is -1.27. The molecule has 2 aliphatic heterocycles. The zero-order valence-electron chi connectivity index (χ0n) is 46.1. The Morgan fingerprint density at radius 3 is 1.49 bits per heavy atom. The molecule has 4 aromatic carbocycles. The van der Waals surface area contributed by atoms with Crippen molar-refractivity contribution in [3.05, 3.63) is 168 Å². The monoisotopic (exact) mass is 1220 g/mol. The molecule has 17 nitrogen and oxygen atoms in total. The Morgan fingerprint density at radius 1 is 0.631 bits per heavy atom. The van der Waals surface area contributed by atoms with E-state index in [0.717, 1.165) is 45.1 Å². The fourth-order valence-electron chi connectivity index (χ4n) is 9.63. The van der Waals surface area contributed by atoms with Gasteiger partial charge in [0.25, 0.3) is 0 Å². The SMILES string of the molecule is C.CC(=O)c1cn(CC(=O)N2C[C@H](F)C[C@H]2C(=O)NCCc2ccccc2)c2ccc(-c3cnc(C)nc3)cc12.CC(=O)c1cn(CC(=O)O)c2ccc(-c3cnc(C)nc3)cc12.Cl.O=C(NCCc1ccccc1)[C@@H]1C[C@@H](F)CN1.S.S=S. The molecule has 8 aromatic rings. The van der Waals surface area contributed by atoms with Crippen LogP contribution in [0.15, 0.2) is 134 Å². The van der Waals surface area contributed by atoms with Gasteiger partial charge in [-0.25, -0.2) is 28.7 Å². The maximum Gasteiger partial charge on any atom is 0.323 e. The van der Waals surface area contributed by atoms with Gasteiger partial charge in [-0.05, 0) is 87.1 Å². The molecule has 10 rings (SSSR count). The molecule has 0 saturated carbocycles. The lowest BCUT2D eigenvalue weighted by atomic mass is 10.0. The van der Waals surface area contributed by atoms with Crippen LogP contribution in [-0.2, 0) is 67.5 Å². The van der Waals surface area contributed by atoms with Gasteiger partial charge < -0.3 is 35.1 Å². The lowest BCUT2D eigenvalue weighted by molar-refractivity contribution is -0.138. The first-order chi connectivity index (χ1) is 39.0. The van der Waals surface area contributed by atoms with Crippen molar-refractivity contribution in [3.63, 3.8) is 0 Å². The number of aliphatic carboxylic acids is 1. The number of halogens is 3. The lowest BCUT2D eigenvalue weighted by Gasteiger charge is -2.24. The number of fused-ring (bicyclic) bond motifs is 2. The smallest absolute Gasteiger partial charge is 0.323 e. The number of Topliss-reactive ketones (excluding diaryl/α,β-unsaturated/α-hetero) is 2. The number of amides is 3. The van der Waals surface area contributed by atoms with Crippen LogP contribution < -0.4 is 16.0 Å². The average molecular weight is 1220 g/mol. The number of alkyl halides is 2. The quantitative estimate of drug-likeness (QED) is 0.0664. The van der Waals surface area contributed by atoms with Crippen LogP contribution in [0.1, 0.15) is 77.6 Å². The number of ketones is 2. The average Bonchev–Trinajstić information content (AvgIpc) is 2.28. The van der Waals surface area contributed by atoms with Crippen molar-refractivity contribution < 1.29 is 42.7 Å². The number of likely N-dealkylation sites (tertiary alicyclic amines) is 1. The third-order valence-corrected chi connectivity index (χ3v) is 13.7. The second-order valence-electron chi connectivity index (χ2n) is 19.6. The second-order valence-corrected chi connectivity index (χ2v) is 19.6. The van der Waals surface area contributed by atoms with Crippen molar-refractivity contribution in [1.29, 1.82) is 0 Å². The summed E-state index contributed by atoms with van der Waals surface area (Å²) in [5.74, 6) is -0.663. The summed E-state index contributed by atoms with van der Waals surface area (Å²) in [4.78, 5) is 91.4. The van der Waals surface area contributed by atoms with Gasteiger partial charge >= 0.3 is 5.97 Å². The van der Waals surface area contributed by atoms with Gasteiger partial charge in [-0.1, -0.05) is 80.2 Å². The van der Waals surface area contributed by atoms with E-state index in [2.05, 4.69) is 58.3 Å². The van der Waals surface area contributed by atoms with Crippen LogP contribution in [0.3, 0.4) is 0 Å². The molecule has 2 fully saturated rings. The largest absolute Gasteiger partial charge is 0.480 e. The molecule has 444 valence electrons. The number of nitrogens with one attached hydrogen (secondary N) is 3. The Kier molecular flexibility index (Phi) is 26.9. The zero-order chi connectivity index (χ0) is 58.2. The molecule has 3 amide bonds. The Labute approximate surface area is 510 Å². The molecular formula is C61H69ClF2N10O7S3. The van der Waals surface area contributed by atoms with Crippen molar-refractivity contribution in [3.8, 4) is 22.3 Å². The maximum atomic E-state index is 14.4. The minimum absolute atomic E-state index is 0. The molecule has 2 saturated heterocycles. The van der Waals surface area contributed by atoms with E-state index >= 15 is 0 Å². The molecule has 84 heavy (non-hydrogen) atoms. The number of carboxylic acids is 1. The predicted octanol–water partition coefficient (Wildman–Crippen LogP) is 8.81. The zero-order valence-corrected chi connectivity index (χ0v) is 49.5. The van der Waals surface area contributed by atoms with Gasteiger partial charge in [-0.15, -0.1) is 12.4 Å². The predicted molar refractivity (Wildman–Crippen MR) is 335 cm³/mol.